The van der Waals surface area contributed by atoms with Crippen molar-refractivity contribution in [3.8, 4) is 0 Å². The van der Waals surface area contributed by atoms with Gasteiger partial charge in [-0.05, 0) is 60.1 Å². The van der Waals surface area contributed by atoms with Crippen molar-refractivity contribution in [2.45, 2.75) is 25.4 Å². The highest BCUT2D eigenvalue weighted by Gasteiger charge is 2.15. The van der Waals surface area contributed by atoms with E-state index in [1.165, 1.54) is 0 Å². The maximum absolute atomic E-state index is 11.9. The average molecular weight is 380 g/mol. The van der Waals surface area contributed by atoms with Crippen LogP contribution < -0.4 is 5.32 Å². The number of carbonyl (C=O) groups is 1. The minimum atomic E-state index is -0.0775. The molecule has 1 saturated heterocycles. The Morgan fingerprint density at radius 1 is 1.56 bits per heavy atom. The second-order valence-corrected chi connectivity index (χ2v) is 5.88. The van der Waals surface area contributed by atoms with Gasteiger partial charge in [0.15, 0.2) is 0 Å². The summed E-state index contributed by atoms with van der Waals surface area (Å²) in [7, 11) is 0. The van der Waals surface area contributed by atoms with Crippen LogP contribution in [0.25, 0.3) is 0 Å². The van der Waals surface area contributed by atoms with Crippen molar-refractivity contribution in [1.82, 2.24) is 5.32 Å². The summed E-state index contributed by atoms with van der Waals surface area (Å²) >= 11 is 8.13. The number of nitrogens with one attached hydrogen (secondary N) is 1. The Morgan fingerprint density at radius 3 is 3.06 bits per heavy atom. The first-order chi connectivity index (χ1) is 8.66. The molecule has 18 heavy (non-hydrogen) atoms. The molecule has 98 valence electrons. The number of benzene rings is 1. The Labute approximate surface area is 125 Å². The molecule has 1 heterocycles. The molecule has 1 fully saturated rings. The second kappa shape index (κ2) is 6.73. The number of ether oxygens (including phenoxy) is 1. The Hall–Kier alpha value is -0.330. The van der Waals surface area contributed by atoms with Crippen molar-refractivity contribution in [2.75, 3.05) is 13.2 Å². The molecule has 5 heteroatoms. The summed E-state index contributed by atoms with van der Waals surface area (Å²) in [6, 6.07) is 5.33. The van der Waals surface area contributed by atoms with Crippen LogP contribution in [-0.2, 0) is 4.74 Å². The molecule has 0 radical (unpaired) electrons. The predicted molar refractivity (Wildman–Crippen MR) is 80.1 cm³/mol. The highest BCUT2D eigenvalue weighted by molar-refractivity contribution is 14.1. The first kappa shape index (κ1) is 14.1. The van der Waals surface area contributed by atoms with E-state index >= 15 is 0 Å². The average Bonchev–Trinajstić information content (AvgIpc) is 2.85. The zero-order valence-electron chi connectivity index (χ0n) is 9.92. The van der Waals surface area contributed by atoms with Crippen molar-refractivity contribution in [3.63, 3.8) is 0 Å². The first-order valence-corrected chi connectivity index (χ1v) is 7.47. The van der Waals surface area contributed by atoms with Gasteiger partial charge in [-0.1, -0.05) is 11.6 Å². The molecule has 0 saturated carbocycles. The molecule has 1 amide bonds. The first-order valence-electron chi connectivity index (χ1n) is 6.01. The van der Waals surface area contributed by atoms with Gasteiger partial charge in [0.1, 0.15) is 0 Å². The summed E-state index contributed by atoms with van der Waals surface area (Å²) < 4.78 is 6.45. The molecule has 1 aliphatic rings. The van der Waals surface area contributed by atoms with Crippen LogP contribution in [0.2, 0.25) is 5.02 Å². The number of halogens is 2. The Balaban J connectivity index is 1.81. The van der Waals surface area contributed by atoms with Crippen molar-refractivity contribution >= 4 is 40.1 Å². The van der Waals surface area contributed by atoms with E-state index < -0.39 is 0 Å². The predicted octanol–water partition coefficient (Wildman–Crippen LogP) is 3.24. The molecular formula is C13H15ClINO2. The fourth-order valence-corrected chi connectivity index (χ4v) is 2.47. The molecule has 0 spiro atoms. The topological polar surface area (TPSA) is 38.3 Å². The lowest BCUT2D eigenvalue weighted by atomic mass is 10.1. The maximum Gasteiger partial charge on any atom is 0.251 e. The van der Waals surface area contributed by atoms with Gasteiger partial charge >= 0.3 is 0 Å². The standard InChI is InChI=1S/C13H15ClINO2/c14-11-8-9(3-4-12(11)15)13(17)16-6-5-10-2-1-7-18-10/h3-4,8,10H,1-2,5-7H2,(H,16,17). The molecule has 1 unspecified atom stereocenters. The van der Waals surface area contributed by atoms with Crippen LogP contribution in [0.5, 0.6) is 0 Å². The highest BCUT2D eigenvalue weighted by Crippen LogP contribution is 2.19. The van der Waals surface area contributed by atoms with Gasteiger partial charge in [-0.25, -0.2) is 0 Å². The molecular weight excluding hydrogens is 365 g/mol. The number of hydrogen-bond donors (Lipinski definition) is 1. The van der Waals surface area contributed by atoms with Crippen molar-refractivity contribution in [3.05, 3.63) is 32.4 Å². The number of hydrogen-bond acceptors (Lipinski definition) is 2. The fraction of sp³-hybridized carbons (Fsp3) is 0.462. The van der Waals surface area contributed by atoms with E-state index in [9.17, 15) is 4.79 Å². The van der Waals surface area contributed by atoms with Gasteiger partial charge in [0.05, 0.1) is 11.1 Å². The normalized spacial score (nSPS) is 18.9. The van der Waals surface area contributed by atoms with Gasteiger partial charge in [0.25, 0.3) is 5.91 Å². The van der Waals surface area contributed by atoms with Crippen LogP contribution >= 0.6 is 34.2 Å². The quantitative estimate of drug-likeness (QED) is 0.816. The number of carbonyl (C=O) groups excluding carboxylic acids is 1. The van der Waals surface area contributed by atoms with Gasteiger partial charge < -0.3 is 10.1 Å². The van der Waals surface area contributed by atoms with Crippen LogP contribution in [0.1, 0.15) is 29.6 Å². The third-order valence-electron chi connectivity index (χ3n) is 2.96. The molecule has 0 aromatic heterocycles. The molecule has 1 aliphatic heterocycles. The smallest absolute Gasteiger partial charge is 0.251 e. The summed E-state index contributed by atoms with van der Waals surface area (Å²) in [6.45, 7) is 1.50. The molecule has 1 aromatic carbocycles. The van der Waals surface area contributed by atoms with Crippen LogP contribution in [-0.4, -0.2) is 25.2 Å². The summed E-state index contributed by atoms with van der Waals surface area (Å²) in [5.74, 6) is -0.0775. The molecule has 0 bridgehead atoms. The zero-order valence-corrected chi connectivity index (χ0v) is 12.8. The van der Waals surface area contributed by atoms with E-state index in [2.05, 4.69) is 27.9 Å². The fourth-order valence-electron chi connectivity index (χ4n) is 1.96. The lowest BCUT2D eigenvalue weighted by Gasteiger charge is -2.10. The number of rotatable bonds is 4. The van der Waals surface area contributed by atoms with Crippen molar-refractivity contribution in [1.29, 1.82) is 0 Å². The minimum absolute atomic E-state index is 0.0775. The molecule has 1 N–H and O–H groups in total. The third-order valence-corrected chi connectivity index (χ3v) is 4.53. The third kappa shape index (κ3) is 3.83. The molecule has 0 aliphatic carbocycles. The van der Waals surface area contributed by atoms with Gasteiger partial charge in [-0.2, -0.15) is 0 Å². The molecule has 1 aromatic rings. The molecule has 1 atom stereocenters. The summed E-state index contributed by atoms with van der Waals surface area (Å²) in [5.41, 5.74) is 0.604. The van der Waals surface area contributed by atoms with Crippen LogP contribution in [0, 0.1) is 3.57 Å². The van der Waals surface area contributed by atoms with E-state index in [0.29, 0.717) is 23.2 Å². The molecule has 2 rings (SSSR count). The Morgan fingerprint density at radius 2 is 2.39 bits per heavy atom. The second-order valence-electron chi connectivity index (χ2n) is 4.31. The Bertz CT molecular complexity index is 433. The lowest BCUT2D eigenvalue weighted by Crippen LogP contribution is -2.27. The van der Waals surface area contributed by atoms with Gasteiger partial charge in [-0.3, -0.25) is 4.79 Å². The minimum Gasteiger partial charge on any atom is -0.378 e. The lowest BCUT2D eigenvalue weighted by molar-refractivity contribution is 0.0907. The highest BCUT2D eigenvalue weighted by atomic mass is 127. The zero-order chi connectivity index (χ0) is 13.0. The van der Waals surface area contributed by atoms with E-state index in [4.69, 9.17) is 16.3 Å². The summed E-state index contributed by atoms with van der Waals surface area (Å²) in [6.07, 6.45) is 3.42. The van der Waals surface area contributed by atoms with Crippen molar-refractivity contribution < 1.29 is 9.53 Å². The van der Waals surface area contributed by atoms with E-state index in [-0.39, 0.29) is 5.91 Å². The van der Waals surface area contributed by atoms with Crippen LogP contribution in [0.4, 0.5) is 0 Å². The van der Waals surface area contributed by atoms with Gasteiger partial charge in [0, 0.05) is 22.3 Å². The monoisotopic (exact) mass is 379 g/mol. The van der Waals surface area contributed by atoms with E-state index in [1.807, 2.05) is 6.07 Å². The van der Waals surface area contributed by atoms with Gasteiger partial charge in [0.2, 0.25) is 0 Å². The van der Waals surface area contributed by atoms with Gasteiger partial charge in [-0.15, -0.1) is 0 Å². The SMILES string of the molecule is O=C(NCCC1CCCO1)c1ccc(I)c(Cl)c1. The maximum atomic E-state index is 11.9. The summed E-state index contributed by atoms with van der Waals surface area (Å²) in [5, 5.41) is 3.51. The van der Waals surface area contributed by atoms with E-state index in [0.717, 1.165) is 29.4 Å². The van der Waals surface area contributed by atoms with E-state index in [1.54, 1.807) is 12.1 Å². The van der Waals surface area contributed by atoms with Crippen molar-refractivity contribution in [2.24, 2.45) is 0 Å². The Kier molecular flexibility index (Phi) is 5.26. The molecule has 3 nitrogen and oxygen atoms in total. The van der Waals surface area contributed by atoms with Crippen LogP contribution in [0.3, 0.4) is 0 Å². The number of amides is 1. The summed E-state index contributed by atoms with van der Waals surface area (Å²) in [4.78, 5) is 11.9. The largest absolute Gasteiger partial charge is 0.378 e. The van der Waals surface area contributed by atoms with Crippen LogP contribution in [0.15, 0.2) is 18.2 Å².